The van der Waals surface area contributed by atoms with E-state index in [4.69, 9.17) is 4.74 Å². The molecule has 0 fully saturated rings. The number of methoxy groups -OCH3 is 1. The molecule has 1 aromatic rings. The Hall–Kier alpha value is -3.23. The third kappa shape index (κ3) is 5.43. The molecule has 0 unspecified atom stereocenters. The maximum absolute atomic E-state index is 12.3. The van der Waals surface area contributed by atoms with E-state index in [-0.39, 0.29) is 37.1 Å². The number of fused-ring (bicyclic) bond motifs is 1. The lowest BCUT2D eigenvalue weighted by atomic mass is 9.99. The molecule has 1 aliphatic rings. The molecule has 1 aromatic carbocycles. The van der Waals surface area contributed by atoms with Gasteiger partial charge < -0.3 is 14.8 Å². The molecule has 30 heavy (non-hydrogen) atoms. The number of nitrogens with zero attached hydrogens (tertiary/aromatic N) is 1. The van der Waals surface area contributed by atoms with Crippen LogP contribution in [0, 0.1) is 5.92 Å². The SMILES string of the molecule is CC[C@H](C)[C@H](NC(=O)COC(=O)CCCN1C(=O)c2ccccc2C1=O)C(=O)OC. The molecule has 2 atom stereocenters. The van der Waals surface area contributed by atoms with E-state index in [1.165, 1.54) is 7.11 Å². The number of rotatable bonds is 10. The van der Waals surface area contributed by atoms with Crippen molar-refractivity contribution in [3.05, 3.63) is 35.4 Å². The van der Waals surface area contributed by atoms with Crippen LogP contribution in [0.25, 0.3) is 0 Å². The summed E-state index contributed by atoms with van der Waals surface area (Å²) in [5.74, 6) is -2.73. The lowest BCUT2D eigenvalue weighted by Gasteiger charge is -2.21. The molecule has 1 heterocycles. The normalized spacial score (nSPS) is 14.7. The van der Waals surface area contributed by atoms with Crippen molar-refractivity contribution in [2.75, 3.05) is 20.3 Å². The van der Waals surface area contributed by atoms with Crippen LogP contribution in [0.5, 0.6) is 0 Å². The molecular weight excluding hydrogens is 392 g/mol. The van der Waals surface area contributed by atoms with Crippen LogP contribution in [0.4, 0.5) is 0 Å². The lowest BCUT2D eigenvalue weighted by Crippen LogP contribution is -2.47. The van der Waals surface area contributed by atoms with Gasteiger partial charge in [-0.05, 0) is 24.5 Å². The summed E-state index contributed by atoms with van der Waals surface area (Å²) in [6.07, 6.45) is 0.799. The van der Waals surface area contributed by atoms with Gasteiger partial charge in [0.2, 0.25) is 0 Å². The highest BCUT2D eigenvalue weighted by molar-refractivity contribution is 6.21. The molecule has 0 aliphatic carbocycles. The van der Waals surface area contributed by atoms with Crippen LogP contribution in [0.1, 0.15) is 53.8 Å². The van der Waals surface area contributed by atoms with Crippen LogP contribution in [-0.2, 0) is 23.9 Å². The quantitative estimate of drug-likeness (QED) is 0.449. The standard InChI is InChI=1S/C21H26N2O7/c1-4-13(2)18(21(28)29-3)22-16(24)12-30-17(25)10-7-11-23-19(26)14-8-5-6-9-15(14)20(23)27/h5-6,8-9,13,18H,4,7,10-12H2,1-3H3,(H,22,24)/t13-,18-/m0/s1. The minimum Gasteiger partial charge on any atom is -0.467 e. The Kier molecular flexibility index (Phi) is 8.08. The van der Waals surface area contributed by atoms with Gasteiger partial charge in [-0.15, -0.1) is 0 Å². The Balaban J connectivity index is 1.75. The van der Waals surface area contributed by atoms with Crippen molar-refractivity contribution >= 4 is 29.7 Å². The molecule has 0 spiro atoms. The average molecular weight is 418 g/mol. The fraction of sp³-hybridized carbons (Fsp3) is 0.476. The Bertz CT molecular complexity index is 801. The van der Waals surface area contributed by atoms with Crippen LogP contribution in [0.15, 0.2) is 24.3 Å². The summed E-state index contributed by atoms with van der Waals surface area (Å²) in [7, 11) is 1.23. The maximum atomic E-state index is 12.3. The molecule has 9 nitrogen and oxygen atoms in total. The highest BCUT2D eigenvalue weighted by atomic mass is 16.5. The molecule has 2 rings (SSSR count). The first-order valence-corrected chi connectivity index (χ1v) is 9.78. The van der Waals surface area contributed by atoms with Gasteiger partial charge in [0.25, 0.3) is 17.7 Å². The molecule has 9 heteroatoms. The lowest BCUT2D eigenvalue weighted by molar-refractivity contribution is -0.151. The van der Waals surface area contributed by atoms with Crippen LogP contribution >= 0.6 is 0 Å². The van der Waals surface area contributed by atoms with Crippen molar-refractivity contribution in [3.63, 3.8) is 0 Å². The fourth-order valence-electron chi connectivity index (χ4n) is 3.05. The second kappa shape index (κ2) is 10.5. The summed E-state index contributed by atoms with van der Waals surface area (Å²) in [4.78, 5) is 61.3. The molecule has 162 valence electrons. The summed E-state index contributed by atoms with van der Waals surface area (Å²) >= 11 is 0. The summed E-state index contributed by atoms with van der Waals surface area (Å²) in [6.45, 7) is 3.22. The van der Waals surface area contributed by atoms with Gasteiger partial charge in [-0.25, -0.2) is 4.79 Å². The van der Waals surface area contributed by atoms with Gasteiger partial charge in [0.15, 0.2) is 6.61 Å². The summed E-state index contributed by atoms with van der Waals surface area (Å²) in [5, 5.41) is 2.51. The number of ether oxygens (including phenoxy) is 2. The second-order valence-electron chi connectivity index (χ2n) is 7.03. The second-order valence-corrected chi connectivity index (χ2v) is 7.03. The predicted molar refractivity (Wildman–Crippen MR) is 105 cm³/mol. The Morgan fingerprint density at radius 3 is 2.23 bits per heavy atom. The number of hydrogen-bond acceptors (Lipinski definition) is 7. The molecule has 1 aliphatic heterocycles. The number of esters is 2. The third-order valence-electron chi connectivity index (χ3n) is 4.99. The first-order chi connectivity index (χ1) is 14.3. The van der Waals surface area contributed by atoms with E-state index in [2.05, 4.69) is 10.1 Å². The predicted octanol–water partition coefficient (Wildman–Crippen LogP) is 1.31. The number of nitrogens with one attached hydrogen (secondary N) is 1. The fourth-order valence-corrected chi connectivity index (χ4v) is 3.05. The van der Waals surface area contributed by atoms with E-state index in [0.717, 1.165) is 4.90 Å². The number of amides is 3. The van der Waals surface area contributed by atoms with Gasteiger partial charge in [0.05, 0.1) is 18.2 Å². The van der Waals surface area contributed by atoms with Gasteiger partial charge >= 0.3 is 11.9 Å². The van der Waals surface area contributed by atoms with E-state index in [0.29, 0.717) is 17.5 Å². The zero-order chi connectivity index (χ0) is 22.3. The third-order valence-corrected chi connectivity index (χ3v) is 4.99. The molecular formula is C21H26N2O7. The topological polar surface area (TPSA) is 119 Å². The van der Waals surface area contributed by atoms with Gasteiger partial charge in [0.1, 0.15) is 6.04 Å². The molecule has 0 saturated carbocycles. The van der Waals surface area contributed by atoms with Crippen LogP contribution < -0.4 is 5.32 Å². The van der Waals surface area contributed by atoms with E-state index in [9.17, 15) is 24.0 Å². The van der Waals surface area contributed by atoms with Crippen molar-refractivity contribution in [2.24, 2.45) is 5.92 Å². The molecule has 0 bridgehead atoms. The first-order valence-electron chi connectivity index (χ1n) is 9.78. The van der Waals surface area contributed by atoms with E-state index >= 15 is 0 Å². The van der Waals surface area contributed by atoms with Crippen LogP contribution in [0.2, 0.25) is 0 Å². The van der Waals surface area contributed by atoms with E-state index in [1.807, 2.05) is 6.92 Å². The van der Waals surface area contributed by atoms with Crippen molar-refractivity contribution in [2.45, 2.75) is 39.2 Å². The van der Waals surface area contributed by atoms with E-state index < -0.39 is 30.5 Å². The van der Waals surface area contributed by atoms with Crippen molar-refractivity contribution in [3.8, 4) is 0 Å². The highest BCUT2D eigenvalue weighted by Gasteiger charge is 2.34. The van der Waals surface area contributed by atoms with Gasteiger partial charge in [-0.3, -0.25) is 24.1 Å². The van der Waals surface area contributed by atoms with Crippen molar-refractivity contribution < 1.29 is 33.4 Å². The summed E-state index contributed by atoms with van der Waals surface area (Å²) < 4.78 is 9.60. The number of hydrogen-bond donors (Lipinski definition) is 1. The largest absolute Gasteiger partial charge is 0.467 e. The highest BCUT2D eigenvalue weighted by Crippen LogP contribution is 2.22. The van der Waals surface area contributed by atoms with E-state index in [1.54, 1.807) is 31.2 Å². The first kappa shape index (κ1) is 23.1. The summed E-state index contributed by atoms with van der Waals surface area (Å²) in [6, 6.07) is 5.72. The number of carbonyl (C=O) groups excluding carboxylic acids is 5. The Labute approximate surface area is 174 Å². The van der Waals surface area contributed by atoms with Gasteiger partial charge in [-0.1, -0.05) is 32.4 Å². The van der Waals surface area contributed by atoms with Crippen LogP contribution in [-0.4, -0.2) is 60.9 Å². The summed E-state index contributed by atoms with van der Waals surface area (Å²) in [5.41, 5.74) is 0.700. The van der Waals surface area contributed by atoms with Crippen LogP contribution in [0.3, 0.4) is 0 Å². The molecule has 3 amide bonds. The van der Waals surface area contributed by atoms with Gasteiger partial charge in [-0.2, -0.15) is 0 Å². The van der Waals surface area contributed by atoms with Crippen molar-refractivity contribution in [1.82, 2.24) is 10.2 Å². The smallest absolute Gasteiger partial charge is 0.328 e. The molecule has 1 N–H and O–H groups in total. The number of carbonyl (C=O) groups is 5. The minimum absolute atomic E-state index is 0.0630. The Morgan fingerprint density at radius 1 is 1.10 bits per heavy atom. The number of imide groups is 1. The van der Waals surface area contributed by atoms with Crippen molar-refractivity contribution in [1.29, 1.82) is 0 Å². The monoisotopic (exact) mass is 418 g/mol. The maximum Gasteiger partial charge on any atom is 0.328 e. The average Bonchev–Trinajstić information content (AvgIpc) is 3.00. The molecule has 0 aromatic heterocycles. The molecule has 0 radical (unpaired) electrons. The zero-order valence-electron chi connectivity index (χ0n) is 17.3. The zero-order valence-corrected chi connectivity index (χ0v) is 17.3. The minimum atomic E-state index is -0.819. The van der Waals surface area contributed by atoms with Gasteiger partial charge in [0, 0.05) is 13.0 Å². The molecule has 0 saturated heterocycles. The Morgan fingerprint density at radius 2 is 1.70 bits per heavy atom. The number of benzene rings is 1.